The normalized spacial score (nSPS) is 33.1. The highest BCUT2D eigenvalue weighted by Crippen LogP contribution is 2.34. The second kappa shape index (κ2) is 4.37. The van der Waals surface area contributed by atoms with Gasteiger partial charge in [-0.1, -0.05) is 0 Å². The molecule has 2 fully saturated rings. The molecule has 15 heavy (non-hydrogen) atoms. The zero-order valence-electron chi connectivity index (χ0n) is 8.98. The summed E-state index contributed by atoms with van der Waals surface area (Å²) in [6, 6.07) is 0.0441. The fourth-order valence-corrected chi connectivity index (χ4v) is 2.31. The van der Waals surface area contributed by atoms with Crippen LogP contribution in [0.25, 0.3) is 0 Å². The minimum absolute atomic E-state index is 0.00284. The lowest BCUT2D eigenvalue weighted by Crippen LogP contribution is -2.47. The maximum Gasteiger partial charge on any atom is 0.317 e. The number of rotatable bonds is 3. The van der Waals surface area contributed by atoms with Gasteiger partial charge in [0.2, 0.25) is 0 Å². The van der Waals surface area contributed by atoms with Gasteiger partial charge in [0.25, 0.3) is 0 Å². The molecule has 0 aromatic rings. The van der Waals surface area contributed by atoms with E-state index in [0.717, 1.165) is 19.3 Å². The fraction of sp³-hybridized carbons (Fsp3) is 0.900. The molecule has 2 bridgehead atoms. The lowest BCUT2D eigenvalue weighted by molar-refractivity contribution is 0.0970. The Bertz CT molecular complexity index is 247. The first-order valence-corrected chi connectivity index (χ1v) is 5.48. The standard InChI is InChI=1S/C10H18N2O3/c1-12(4-5-13)10(14)11-8-6-7-2-3-9(8)15-7/h7-9,13H,2-6H2,1H3,(H,11,14). The first-order valence-electron chi connectivity index (χ1n) is 5.48. The Morgan fingerprint density at radius 2 is 2.40 bits per heavy atom. The number of hydrogen-bond donors (Lipinski definition) is 2. The molecule has 2 rings (SSSR count). The number of ether oxygens (including phenoxy) is 1. The van der Waals surface area contributed by atoms with E-state index >= 15 is 0 Å². The summed E-state index contributed by atoms with van der Waals surface area (Å²) in [5.74, 6) is 0. The van der Waals surface area contributed by atoms with Crippen LogP contribution < -0.4 is 5.32 Å². The topological polar surface area (TPSA) is 61.8 Å². The van der Waals surface area contributed by atoms with Gasteiger partial charge in [-0.15, -0.1) is 0 Å². The minimum Gasteiger partial charge on any atom is -0.395 e. The number of likely N-dealkylation sites (N-methyl/N-ethyl adjacent to an activating group) is 1. The Kier molecular flexibility index (Phi) is 3.11. The molecule has 2 heterocycles. The monoisotopic (exact) mass is 214 g/mol. The number of nitrogens with one attached hydrogen (secondary N) is 1. The molecule has 2 aliphatic rings. The van der Waals surface area contributed by atoms with Crippen LogP contribution in [0.15, 0.2) is 0 Å². The molecule has 0 saturated carbocycles. The smallest absolute Gasteiger partial charge is 0.317 e. The Labute approximate surface area is 89.4 Å². The third-order valence-electron chi connectivity index (χ3n) is 3.20. The number of aliphatic hydroxyl groups excluding tert-OH is 1. The number of carbonyl (C=O) groups is 1. The van der Waals surface area contributed by atoms with Crippen LogP contribution in [0.2, 0.25) is 0 Å². The van der Waals surface area contributed by atoms with Crippen molar-refractivity contribution in [2.24, 2.45) is 0 Å². The summed E-state index contributed by atoms with van der Waals surface area (Å²) in [7, 11) is 1.68. The van der Waals surface area contributed by atoms with Crippen LogP contribution in [-0.2, 0) is 4.74 Å². The van der Waals surface area contributed by atoms with E-state index in [1.807, 2.05) is 0 Å². The Hall–Kier alpha value is -0.810. The van der Waals surface area contributed by atoms with Gasteiger partial charge in [-0.25, -0.2) is 4.79 Å². The Balaban J connectivity index is 1.79. The molecule has 2 amide bonds. The highest BCUT2D eigenvalue weighted by Gasteiger charge is 2.41. The molecular weight excluding hydrogens is 196 g/mol. The maximum atomic E-state index is 11.6. The van der Waals surface area contributed by atoms with Crippen LogP contribution in [0.1, 0.15) is 19.3 Å². The van der Waals surface area contributed by atoms with Crippen molar-refractivity contribution in [1.29, 1.82) is 0 Å². The van der Waals surface area contributed by atoms with Gasteiger partial charge < -0.3 is 20.1 Å². The molecule has 86 valence electrons. The van der Waals surface area contributed by atoms with E-state index in [0.29, 0.717) is 12.6 Å². The van der Waals surface area contributed by atoms with E-state index in [-0.39, 0.29) is 24.8 Å². The molecular formula is C10H18N2O3. The van der Waals surface area contributed by atoms with Crippen LogP contribution >= 0.6 is 0 Å². The number of fused-ring (bicyclic) bond motifs is 2. The highest BCUT2D eigenvalue weighted by molar-refractivity contribution is 5.74. The zero-order valence-corrected chi connectivity index (χ0v) is 8.98. The van der Waals surface area contributed by atoms with Gasteiger partial charge in [0.1, 0.15) is 0 Å². The van der Waals surface area contributed by atoms with Gasteiger partial charge in [-0.3, -0.25) is 0 Å². The van der Waals surface area contributed by atoms with Gasteiger partial charge in [0.05, 0.1) is 24.9 Å². The summed E-state index contributed by atoms with van der Waals surface area (Å²) >= 11 is 0. The summed E-state index contributed by atoms with van der Waals surface area (Å²) in [6.45, 7) is 0.366. The van der Waals surface area contributed by atoms with E-state index in [4.69, 9.17) is 9.84 Å². The van der Waals surface area contributed by atoms with E-state index in [1.54, 1.807) is 7.05 Å². The molecule has 0 radical (unpaired) electrons. The molecule has 2 saturated heterocycles. The molecule has 0 aliphatic carbocycles. The van der Waals surface area contributed by atoms with Crippen molar-refractivity contribution in [2.45, 2.75) is 37.5 Å². The van der Waals surface area contributed by atoms with E-state index in [9.17, 15) is 4.79 Å². The summed E-state index contributed by atoms with van der Waals surface area (Å²) in [4.78, 5) is 13.1. The van der Waals surface area contributed by atoms with E-state index in [1.165, 1.54) is 4.90 Å². The lowest BCUT2D eigenvalue weighted by atomic mass is 9.96. The number of carbonyl (C=O) groups excluding carboxylic acids is 1. The molecule has 5 heteroatoms. The van der Waals surface area contributed by atoms with Gasteiger partial charge >= 0.3 is 6.03 Å². The highest BCUT2D eigenvalue weighted by atomic mass is 16.5. The van der Waals surface area contributed by atoms with Crippen molar-refractivity contribution in [3.8, 4) is 0 Å². The average Bonchev–Trinajstić information content (AvgIpc) is 2.79. The summed E-state index contributed by atoms with van der Waals surface area (Å²) in [5, 5.41) is 11.7. The lowest BCUT2D eigenvalue weighted by Gasteiger charge is -2.24. The van der Waals surface area contributed by atoms with Gasteiger partial charge in [-0.2, -0.15) is 0 Å². The predicted octanol–water partition coefficient (Wildman–Crippen LogP) is -0.0600. The second-order valence-electron chi connectivity index (χ2n) is 4.31. The van der Waals surface area contributed by atoms with E-state index in [2.05, 4.69) is 5.32 Å². The minimum atomic E-state index is -0.120. The first-order chi connectivity index (χ1) is 7.20. The van der Waals surface area contributed by atoms with Crippen LogP contribution in [0.5, 0.6) is 0 Å². The number of aliphatic hydroxyl groups is 1. The SMILES string of the molecule is CN(CCO)C(=O)NC1CC2CCC1O2. The molecule has 3 atom stereocenters. The van der Waals surface area contributed by atoms with Crippen LogP contribution in [-0.4, -0.2) is 54.5 Å². The molecule has 0 spiro atoms. The van der Waals surface area contributed by atoms with Crippen molar-refractivity contribution in [3.63, 3.8) is 0 Å². The number of amides is 2. The van der Waals surface area contributed by atoms with Gasteiger partial charge in [0.15, 0.2) is 0 Å². The third kappa shape index (κ3) is 2.23. The largest absolute Gasteiger partial charge is 0.395 e. The molecule has 2 N–H and O–H groups in total. The van der Waals surface area contributed by atoms with Gasteiger partial charge in [-0.05, 0) is 19.3 Å². The summed E-state index contributed by atoms with van der Waals surface area (Å²) in [6.07, 6.45) is 3.68. The third-order valence-corrected chi connectivity index (χ3v) is 3.20. The van der Waals surface area contributed by atoms with Crippen molar-refractivity contribution >= 4 is 6.03 Å². The zero-order chi connectivity index (χ0) is 10.8. The van der Waals surface area contributed by atoms with Crippen molar-refractivity contribution in [2.75, 3.05) is 20.2 Å². The maximum absolute atomic E-state index is 11.6. The fourth-order valence-electron chi connectivity index (χ4n) is 2.31. The number of hydrogen-bond acceptors (Lipinski definition) is 3. The van der Waals surface area contributed by atoms with Crippen LogP contribution in [0.3, 0.4) is 0 Å². The second-order valence-corrected chi connectivity index (χ2v) is 4.31. The van der Waals surface area contributed by atoms with Crippen molar-refractivity contribution in [1.82, 2.24) is 10.2 Å². The Morgan fingerprint density at radius 3 is 2.93 bits per heavy atom. The predicted molar refractivity (Wildman–Crippen MR) is 54.5 cm³/mol. The number of nitrogens with zero attached hydrogens (tertiary/aromatic N) is 1. The first kappa shape index (κ1) is 10.7. The van der Waals surface area contributed by atoms with Crippen LogP contribution in [0, 0.1) is 0 Å². The van der Waals surface area contributed by atoms with Crippen LogP contribution in [0.4, 0.5) is 4.79 Å². The molecule has 0 aromatic carbocycles. The number of urea groups is 1. The molecule has 3 unspecified atom stereocenters. The summed E-state index contributed by atoms with van der Waals surface area (Å²) < 4.78 is 5.64. The van der Waals surface area contributed by atoms with Crippen molar-refractivity contribution < 1.29 is 14.6 Å². The average molecular weight is 214 g/mol. The van der Waals surface area contributed by atoms with Crippen molar-refractivity contribution in [3.05, 3.63) is 0 Å². The molecule has 2 aliphatic heterocycles. The quantitative estimate of drug-likeness (QED) is 0.692. The summed E-state index contributed by atoms with van der Waals surface area (Å²) in [5.41, 5.74) is 0. The molecule has 5 nitrogen and oxygen atoms in total. The molecule has 0 aromatic heterocycles. The van der Waals surface area contributed by atoms with E-state index < -0.39 is 0 Å². The Morgan fingerprint density at radius 1 is 1.60 bits per heavy atom. The van der Waals surface area contributed by atoms with Gasteiger partial charge in [0, 0.05) is 13.6 Å².